The number of fused-ring (bicyclic) bond motifs is 1. The average Bonchev–Trinajstić information content (AvgIpc) is 3.41. The van der Waals surface area contributed by atoms with Crippen LogP contribution in [0.4, 0.5) is 0 Å². The first-order valence-electron chi connectivity index (χ1n) is 13.8. The fourth-order valence-corrected chi connectivity index (χ4v) is 6.66. The summed E-state index contributed by atoms with van der Waals surface area (Å²) in [5.41, 5.74) is 0.277. The Labute approximate surface area is 229 Å². The van der Waals surface area contributed by atoms with E-state index in [1.54, 1.807) is 6.07 Å². The van der Waals surface area contributed by atoms with Gasteiger partial charge in [0, 0.05) is 4.92 Å². The van der Waals surface area contributed by atoms with E-state index in [1.165, 1.54) is 0 Å². The smallest absolute Gasteiger partial charge is 0.231 e. The van der Waals surface area contributed by atoms with Gasteiger partial charge in [-0.05, 0) is 62.9 Å². The summed E-state index contributed by atoms with van der Waals surface area (Å²) in [6, 6.07) is 17.6. The first kappa shape index (κ1) is 27.4. The number of hydrogen-bond acceptors (Lipinski definition) is 8. The molecule has 4 atom stereocenters. The molecule has 2 heterocycles. The SMILES string of the molecule is CN([C@H]1COC(C)(C)O[C@H]1c1ccccc1)[C@](C#N)(c1ccc2c(c1)OCO2)[C@H](C[N+](=O)[O-])C1CCCCC1. The maximum absolute atomic E-state index is 12.2. The third-order valence-electron chi connectivity index (χ3n) is 8.63. The fraction of sp³-hybridized carbons (Fsp3) is 0.567. The van der Waals surface area contributed by atoms with Crippen LogP contribution in [0.25, 0.3) is 0 Å². The van der Waals surface area contributed by atoms with Crippen LogP contribution in [0.15, 0.2) is 48.5 Å². The molecule has 2 aromatic rings. The molecule has 2 fully saturated rings. The Bertz CT molecular complexity index is 1210. The second-order valence-corrected chi connectivity index (χ2v) is 11.3. The largest absolute Gasteiger partial charge is 0.454 e. The molecule has 0 spiro atoms. The number of nitro groups is 1. The second kappa shape index (κ2) is 11.1. The van der Waals surface area contributed by atoms with Gasteiger partial charge in [-0.25, -0.2) is 0 Å². The quantitative estimate of drug-likeness (QED) is 0.325. The number of nitrogens with zero attached hydrogens (tertiary/aromatic N) is 3. The first-order valence-corrected chi connectivity index (χ1v) is 13.8. The zero-order valence-electron chi connectivity index (χ0n) is 22.9. The Morgan fingerprint density at radius 3 is 2.54 bits per heavy atom. The molecule has 2 aromatic carbocycles. The van der Waals surface area contributed by atoms with Crippen molar-refractivity contribution in [3.05, 3.63) is 69.8 Å². The van der Waals surface area contributed by atoms with Crippen LogP contribution in [0.3, 0.4) is 0 Å². The Hall–Kier alpha value is -3.19. The lowest BCUT2D eigenvalue weighted by atomic mass is 9.66. The monoisotopic (exact) mass is 535 g/mol. The van der Waals surface area contributed by atoms with Gasteiger partial charge in [-0.1, -0.05) is 55.7 Å². The number of hydrogen-bond donors (Lipinski definition) is 0. The summed E-state index contributed by atoms with van der Waals surface area (Å²) in [4.78, 5) is 13.9. The molecule has 1 saturated carbocycles. The van der Waals surface area contributed by atoms with E-state index in [9.17, 15) is 15.4 Å². The summed E-state index contributed by atoms with van der Waals surface area (Å²) >= 11 is 0. The number of benzene rings is 2. The van der Waals surface area contributed by atoms with Crippen molar-refractivity contribution in [3.63, 3.8) is 0 Å². The van der Waals surface area contributed by atoms with Crippen molar-refractivity contribution in [2.24, 2.45) is 11.8 Å². The fourth-order valence-electron chi connectivity index (χ4n) is 6.66. The number of ether oxygens (including phenoxy) is 4. The maximum Gasteiger partial charge on any atom is 0.231 e. The lowest BCUT2D eigenvalue weighted by Gasteiger charge is -2.52. The highest BCUT2D eigenvalue weighted by molar-refractivity contribution is 5.48. The number of nitriles is 1. The van der Waals surface area contributed by atoms with Gasteiger partial charge >= 0.3 is 0 Å². The zero-order valence-corrected chi connectivity index (χ0v) is 22.9. The highest BCUT2D eigenvalue weighted by atomic mass is 16.7. The lowest BCUT2D eigenvalue weighted by Crippen LogP contribution is -2.61. The highest BCUT2D eigenvalue weighted by Crippen LogP contribution is 2.49. The topological polar surface area (TPSA) is 107 Å². The van der Waals surface area contributed by atoms with E-state index in [2.05, 4.69) is 6.07 Å². The molecular weight excluding hydrogens is 498 g/mol. The van der Waals surface area contributed by atoms with Gasteiger partial charge in [0.05, 0.1) is 24.6 Å². The molecule has 0 N–H and O–H groups in total. The van der Waals surface area contributed by atoms with Gasteiger partial charge in [0.1, 0.15) is 11.6 Å². The van der Waals surface area contributed by atoms with Crippen LogP contribution in [0.1, 0.15) is 63.2 Å². The minimum Gasteiger partial charge on any atom is -0.454 e. The lowest BCUT2D eigenvalue weighted by molar-refractivity contribution is -0.494. The van der Waals surface area contributed by atoms with Gasteiger partial charge in [0.25, 0.3) is 0 Å². The van der Waals surface area contributed by atoms with Crippen LogP contribution in [-0.4, -0.2) is 48.6 Å². The average molecular weight is 536 g/mol. The zero-order chi connectivity index (χ0) is 27.6. The Kier molecular flexibility index (Phi) is 7.81. The van der Waals surface area contributed by atoms with Crippen molar-refractivity contribution in [3.8, 4) is 17.6 Å². The van der Waals surface area contributed by atoms with E-state index in [-0.39, 0.29) is 30.2 Å². The molecule has 208 valence electrons. The normalized spacial score (nSPS) is 25.0. The molecule has 1 aliphatic carbocycles. The highest BCUT2D eigenvalue weighted by Gasteiger charge is 2.55. The van der Waals surface area contributed by atoms with E-state index in [4.69, 9.17) is 18.9 Å². The van der Waals surface area contributed by atoms with Crippen LogP contribution < -0.4 is 9.47 Å². The predicted molar refractivity (Wildman–Crippen MR) is 144 cm³/mol. The molecule has 3 aliphatic rings. The van der Waals surface area contributed by atoms with Crippen molar-refractivity contribution in [2.45, 2.75) is 69.4 Å². The van der Waals surface area contributed by atoms with Crippen molar-refractivity contribution >= 4 is 0 Å². The number of rotatable bonds is 8. The van der Waals surface area contributed by atoms with Crippen LogP contribution in [-0.2, 0) is 15.0 Å². The molecule has 5 rings (SSSR count). The van der Waals surface area contributed by atoms with Crippen LogP contribution in [0, 0.1) is 33.3 Å². The molecule has 0 amide bonds. The van der Waals surface area contributed by atoms with Gasteiger partial charge in [0.15, 0.2) is 17.3 Å². The summed E-state index contributed by atoms with van der Waals surface area (Å²) in [6.45, 7) is 3.85. The van der Waals surface area contributed by atoms with E-state index in [0.29, 0.717) is 23.7 Å². The molecule has 9 heteroatoms. The number of likely N-dealkylation sites (N-methyl/N-ethyl adjacent to an activating group) is 1. The minimum atomic E-state index is -1.35. The first-order chi connectivity index (χ1) is 18.7. The van der Waals surface area contributed by atoms with E-state index >= 15 is 0 Å². The van der Waals surface area contributed by atoms with E-state index in [0.717, 1.165) is 37.7 Å². The summed E-state index contributed by atoms with van der Waals surface area (Å²) < 4.78 is 23.9. The third kappa shape index (κ3) is 5.33. The summed E-state index contributed by atoms with van der Waals surface area (Å²) in [5, 5.41) is 23.4. The predicted octanol–water partition coefficient (Wildman–Crippen LogP) is 5.43. The second-order valence-electron chi connectivity index (χ2n) is 11.3. The molecule has 39 heavy (non-hydrogen) atoms. The third-order valence-corrected chi connectivity index (χ3v) is 8.63. The Morgan fingerprint density at radius 2 is 1.85 bits per heavy atom. The standard InChI is InChI=1S/C30H37N3O6/c1-29(2)38-18-25(28(39-29)22-12-8-5-9-13-22)32(3)30(19-31,23-14-15-26-27(16-23)37-20-36-26)24(17-33(34)35)21-10-6-4-7-11-21/h5,8-9,12-16,21,24-25,28H,4,6-7,10-11,17-18,20H2,1-3H3/t24-,25+,28+,30-/m1/s1. The summed E-state index contributed by atoms with van der Waals surface area (Å²) in [7, 11) is 1.88. The van der Waals surface area contributed by atoms with Gasteiger partial charge < -0.3 is 18.9 Å². The molecule has 0 aromatic heterocycles. The van der Waals surface area contributed by atoms with Crippen LogP contribution in [0.2, 0.25) is 0 Å². The molecule has 9 nitrogen and oxygen atoms in total. The molecule has 0 radical (unpaired) electrons. The van der Waals surface area contributed by atoms with Crippen LogP contribution >= 0.6 is 0 Å². The Balaban J connectivity index is 1.66. The maximum atomic E-state index is 12.2. The van der Waals surface area contributed by atoms with Crippen molar-refractivity contribution in [1.82, 2.24) is 4.90 Å². The minimum absolute atomic E-state index is 0.0220. The van der Waals surface area contributed by atoms with Gasteiger partial charge in [-0.15, -0.1) is 0 Å². The summed E-state index contributed by atoms with van der Waals surface area (Å²) in [5.74, 6) is -0.218. The van der Waals surface area contributed by atoms with Gasteiger partial charge in [-0.2, -0.15) is 5.26 Å². The molecule has 2 aliphatic heterocycles. The van der Waals surface area contributed by atoms with Crippen LogP contribution in [0.5, 0.6) is 11.5 Å². The molecule has 0 bridgehead atoms. The Morgan fingerprint density at radius 1 is 1.13 bits per heavy atom. The molecule has 0 unspecified atom stereocenters. The van der Waals surface area contributed by atoms with Crippen molar-refractivity contribution < 1.29 is 23.9 Å². The van der Waals surface area contributed by atoms with Gasteiger partial charge in [-0.3, -0.25) is 15.0 Å². The summed E-state index contributed by atoms with van der Waals surface area (Å²) in [6.07, 6.45) is 4.41. The van der Waals surface area contributed by atoms with Crippen molar-refractivity contribution in [1.29, 1.82) is 5.26 Å². The van der Waals surface area contributed by atoms with E-state index in [1.807, 2.05) is 68.3 Å². The van der Waals surface area contributed by atoms with Crippen molar-refractivity contribution in [2.75, 3.05) is 27.0 Å². The molecular formula is C30H37N3O6. The van der Waals surface area contributed by atoms with Gasteiger partial charge in [0.2, 0.25) is 13.3 Å². The van der Waals surface area contributed by atoms with E-state index < -0.39 is 23.3 Å². The molecule has 1 saturated heterocycles.